The maximum atomic E-state index is 13.2. The molecule has 3 rings (SSSR count). The van der Waals surface area contributed by atoms with Gasteiger partial charge in [0, 0.05) is 23.5 Å². The number of hydrogen-bond acceptors (Lipinski definition) is 6. The summed E-state index contributed by atoms with van der Waals surface area (Å²) in [5.41, 5.74) is 0.580. The molecule has 1 atom stereocenters. The number of aromatic nitrogens is 2. The van der Waals surface area contributed by atoms with Crippen molar-refractivity contribution in [2.75, 3.05) is 5.75 Å². The minimum atomic E-state index is -0.156. The lowest BCUT2D eigenvalue weighted by Crippen LogP contribution is -2.37. The molecule has 0 saturated carbocycles. The van der Waals surface area contributed by atoms with Crippen molar-refractivity contribution in [2.24, 2.45) is 5.92 Å². The van der Waals surface area contributed by atoms with Crippen LogP contribution in [0, 0.1) is 5.92 Å². The average molecular weight is 418 g/mol. The van der Waals surface area contributed by atoms with Gasteiger partial charge in [0.2, 0.25) is 5.91 Å². The van der Waals surface area contributed by atoms with Crippen LogP contribution in [0.3, 0.4) is 0 Å². The van der Waals surface area contributed by atoms with E-state index in [1.807, 2.05) is 18.4 Å². The molecule has 0 bridgehead atoms. The maximum Gasteiger partial charge on any atom is 0.263 e. The van der Waals surface area contributed by atoms with E-state index in [2.05, 4.69) is 30.7 Å². The number of amides is 1. The van der Waals surface area contributed by atoms with Gasteiger partial charge in [-0.05, 0) is 25.0 Å². The predicted octanol–water partition coefficient (Wildman–Crippen LogP) is 4.16. The number of carbonyl (C=O) groups is 1. The number of allylic oxidation sites excluding steroid dienone is 1. The molecular formula is C20H23N3O3S2. The second kappa shape index (κ2) is 8.79. The van der Waals surface area contributed by atoms with Crippen molar-refractivity contribution < 1.29 is 9.21 Å². The van der Waals surface area contributed by atoms with Gasteiger partial charge >= 0.3 is 0 Å². The van der Waals surface area contributed by atoms with Gasteiger partial charge in [0.15, 0.2) is 5.16 Å². The van der Waals surface area contributed by atoms with Crippen molar-refractivity contribution in [3.63, 3.8) is 0 Å². The van der Waals surface area contributed by atoms with Crippen molar-refractivity contribution in [1.82, 2.24) is 14.9 Å². The number of thioether (sulfide) groups is 1. The topological polar surface area (TPSA) is 77.1 Å². The van der Waals surface area contributed by atoms with Gasteiger partial charge in [-0.25, -0.2) is 4.98 Å². The Labute approximate surface area is 171 Å². The Bertz CT molecular complexity index is 1040. The van der Waals surface area contributed by atoms with Crippen molar-refractivity contribution in [1.29, 1.82) is 0 Å². The van der Waals surface area contributed by atoms with Crippen LogP contribution < -0.4 is 10.9 Å². The maximum absolute atomic E-state index is 13.2. The highest BCUT2D eigenvalue weighted by atomic mass is 32.2. The van der Waals surface area contributed by atoms with Crippen LogP contribution in [0.25, 0.3) is 21.5 Å². The summed E-state index contributed by atoms with van der Waals surface area (Å²) in [6, 6.07) is 3.70. The molecule has 3 heterocycles. The van der Waals surface area contributed by atoms with E-state index >= 15 is 0 Å². The second-order valence-electron chi connectivity index (χ2n) is 6.79. The van der Waals surface area contributed by atoms with Gasteiger partial charge in [0.25, 0.3) is 5.56 Å². The van der Waals surface area contributed by atoms with Crippen molar-refractivity contribution >= 4 is 39.2 Å². The summed E-state index contributed by atoms with van der Waals surface area (Å²) in [5, 5.41) is 5.89. The first-order valence-electron chi connectivity index (χ1n) is 9.01. The molecule has 0 aliphatic rings. The lowest BCUT2D eigenvalue weighted by molar-refractivity contribution is -0.119. The number of thiophene rings is 1. The predicted molar refractivity (Wildman–Crippen MR) is 115 cm³/mol. The molecule has 0 aliphatic heterocycles. The molecule has 1 amide bonds. The summed E-state index contributed by atoms with van der Waals surface area (Å²) in [7, 11) is 0. The Morgan fingerprint density at radius 3 is 2.89 bits per heavy atom. The number of furan rings is 1. The number of rotatable bonds is 8. The molecule has 28 heavy (non-hydrogen) atoms. The molecule has 0 fully saturated rings. The molecule has 0 aliphatic carbocycles. The van der Waals surface area contributed by atoms with Crippen molar-refractivity contribution in [3.05, 3.63) is 46.8 Å². The molecule has 0 saturated heterocycles. The summed E-state index contributed by atoms with van der Waals surface area (Å²) >= 11 is 2.65. The zero-order chi connectivity index (χ0) is 20.3. The molecule has 8 heteroatoms. The van der Waals surface area contributed by atoms with E-state index in [-0.39, 0.29) is 23.3 Å². The first-order chi connectivity index (χ1) is 13.4. The zero-order valence-corrected chi connectivity index (χ0v) is 17.7. The highest BCUT2D eigenvalue weighted by molar-refractivity contribution is 7.99. The molecule has 0 aromatic carbocycles. The molecule has 1 N–H and O–H groups in total. The smallest absolute Gasteiger partial charge is 0.263 e. The average Bonchev–Trinajstić information content (AvgIpc) is 3.31. The Morgan fingerprint density at radius 2 is 2.25 bits per heavy atom. The number of hydrogen-bond donors (Lipinski definition) is 1. The Kier molecular flexibility index (Phi) is 6.41. The molecule has 3 aromatic rings. The zero-order valence-electron chi connectivity index (χ0n) is 16.1. The van der Waals surface area contributed by atoms with E-state index in [0.717, 1.165) is 5.56 Å². The van der Waals surface area contributed by atoms with Gasteiger partial charge in [-0.3, -0.25) is 14.2 Å². The number of nitrogens with zero attached hydrogens (tertiary/aromatic N) is 2. The molecule has 1 unspecified atom stereocenters. The highest BCUT2D eigenvalue weighted by Crippen LogP contribution is 2.32. The van der Waals surface area contributed by atoms with E-state index in [9.17, 15) is 9.59 Å². The van der Waals surface area contributed by atoms with Crippen LogP contribution >= 0.6 is 23.1 Å². The first-order valence-corrected chi connectivity index (χ1v) is 10.9. The monoisotopic (exact) mass is 417 g/mol. The Balaban J connectivity index is 1.92. The lowest BCUT2D eigenvalue weighted by Gasteiger charge is -2.17. The molecule has 0 spiro atoms. The fourth-order valence-electron chi connectivity index (χ4n) is 2.61. The third-order valence-corrected chi connectivity index (χ3v) is 6.33. The first kappa shape index (κ1) is 20.4. The number of nitrogens with one attached hydrogen (secondary N) is 1. The van der Waals surface area contributed by atoms with Crippen LogP contribution in [0.5, 0.6) is 0 Å². The SMILES string of the molecule is C=CCn1c(SCC(=O)NC(C)C(C)C)nc2scc(-c3ccco3)c2c1=O. The van der Waals surface area contributed by atoms with E-state index in [1.165, 1.54) is 23.1 Å². The molecule has 0 radical (unpaired) electrons. The van der Waals surface area contributed by atoms with Crippen molar-refractivity contribution in [2.45, 2.75) is 38.5 Å². The third-order valence-electron chi connectivity index (χ3n) is 4.48. The van der Waals surface area contributed by atoms with Crippen LogP contribution in [0.4, 0.5) is 0 Å². The van der Waals surface area contributed by atoms with Crippen LogP contribution in [-0.2, 0) is 11.3 Å². The molecule has 3 aromatic heterocycles. The summed E-state index contributed by atoms with van der Waals surface area (Å²) in [6.45, 7) is 10.2. The largest absolute Gasteiger partial charge is 0.464 e. The van der Waals surface area contributed by atoms with E-state index in [1.54, 1.807) is 23.0 Å². The Morgan fingerprint density at radius 1 is 1.46 bits per heavy atom. The minimum Gasteiger partial charge on any atom is -0.464 e. The quantitative estimate of drug-likeness (QED) is 0.338. The number of carbonyl (C=O) groups excluding carboxylic acids is 1. The van der Waals surface area contributed by atoms with Gasteiger partial charge < -0.3 is 9.73 Å². The molecule has 6 nitrogen and oxygen atoms in total. The standard InChI is InChI=1S/C20H23N3O3S2/c1-5-8-23-19(25)17-14(15-7-6-9-26-15)10-27-18(17)22-20(23)28-11-16(24)21-13(4)12(2)3/h5-7,9-10,12-13H,1,8,11H2,2-4H3,(H,21,24). The van der Waals surface area contributed by atoms with Gasteiger partial charge in [0.1, 0.15) is 10.6 Å². The summed E-state index contributed by atoms with van der Waals surface area (Å²) in [6.07, 6.45) is 3.23. The van der Waals surface area contributed by atoms with Gasteiger partial charge in [-0.1, -0.05) is 31.7 Å². The second-order valence-corrected chi connectivity index (χ2v) is 8.60. The molecular weight excluding hydrogens is 394 g/mol. The minimum absolute atomic E-state index is 0.0758. The molecule has 148 valence electrons. The van der Waals surface area contributed by atoms with E-state index < -0.39 is 0 Å². The Hall–Kier alpha value is -2.32. The highest BCUT2D eigenvalue weighted by Gasteiger charge is 2.19. The van der Waals surface area contributed by atoms with Crippen molar-refractivity contribution in [3.8, 4) is 11.3 Å². The van der Waals surface area contributed by atoms with Gasteiger partial charge in [-0.2, -0.15) is 0 Å². The summed E-state index contributed by atoms with van der Waals surface area (Å²) in [4.78, 5) is 30.7. The third kappa shape index (κ3) is 4.23. The fraction of sp³-hybridized carbons (Fsp3) is 0.350. The number of fused-ring (bicyclic) bond motifs is 1. The van der Waals surface area contributed by atoms with E-state index in [0.29, 0.717) is 33.6 Å². The van der Waals surface area contributed by atoms with Crippen LogP contribution in [0.15, 0.2) is 50.8 Å². The van der Waals surface area contributed by atoms with Crippen LogP contribution in [0.2, 0.25) is 0 Å². The normalized spacial score (nSPS) is 12.4. The fourth-order valence-corrected chi connectivity index (χ4v) is 4.40. The lowest BCUT2D eigenvalue weighted by atomic mass is 10.1. The summed E-state index contributed by atoms with van der Waals surface area (Å²) < 4.78 is 7.01. The van der Waals surface area contributed by atoms with Crippen LogP contribution in [-0.4, -0.2) is 27.3 Å². The van der Waals surface area contributed by atoms with Gasteiger partial charge in [-0.15, -0.1) is 17.9 Å². The van der Waals surface area contributed by atoms with Gasteiger partial charge in [0.05, 0.1) is 17.4 Å². The van der Waals surface area contributed by atoms with Crippen LogP contribution in [0.1, 0.15) is 20.8 Å². The summed E-state index contributed by atoms with van der Waals surface area (Å²) in [5.74, 6) is 1.11. The van der Waals surface area contributed by atoms with E-state index in [4.69, 9.17) is 4.42 Å².